The lowest BCUT2D eigenvalue weighted by Gasteiger charge is -2.15. The van der Waals surface area contributed by atoms with Crippen molar-refractivity contribution in [1.29, 1.82) is 0 Å². The van der Waals surface area contributed by atoms with Gasteiger partial charge in [-0.1, -0.05) is 29.3 Å². The number of carbonyl (C=O) groups is 3. The number of aliphatic carboxylic acids is 1. The van der Waals surface area contributed by atoms with Gasteiger partial charge in [0.2, 0.25) is 5.91 Å². The van der Waals surface area contributed by atoms with Crippen LogP contribution in [0, 0.1) is 0 Å². The molecule has 0 saturated heterocycles. The second-order valence-electron chi connectivity index (χ2n) is 4.09. The van der Waals surface area contributed by atoms with E-state index in [4.69, 9.17) is 34.0 Å². The summed E-state index contributed by atoms with van der Waals surface area (Å²) in [5.41, 5.74) is 5.10. The number of hydrogen-bond acceptors (Lipinski definition) is 3. The molecule has 114 valence electrons. The molecule has 0 heterocycles. The Kier molecular flexibility index (Phi) is 6.26. The molecule has 0 aliphatic carbocycles. The summed E-state index contributed by atoms with van der Waals surface area (Å²) in [6, 6.07) is 2.58. The van der Waals surface area contributed by atoms with Crippen LogP contribution in [0.2, 0.25) is 10.0 Å². The fourth-order valence-electron chi connectivity index (χ4n) is 1.47. The number of anilines is 1. The van der Waals surface area contributed by atoms with Gasteiger partial charge >= 0.3 is 12.0 Å². The van der Waals surface area contributed by atoms with Crippen LogP contribution in [0.15, 0.2) is 18.2 Å². The number of urea groups is 1. The van der Waals surface area contributed by atoms with Crippen LogP contribution >= 0.6 is 23.2 Å². The maximum absolute atomic E-state index is 11.8. The second-order valence-corrected chi connectivity index (χ2v) is 4.91. The number of carboxylic acid groups (broad SMARTS) is 1. The topological polar surface area (TPSA) is 122 Å². The van der Waals surface area contributed by atoms with E-state index in [1.807, 2.05) is 0 Å². The third kappa shape index (κ3) is 5.49. The highest BCUT2D eigenvalue weighted by Crippen LogP contribution is 2.29. The molecule has 0 aromatic heterocycles. The Hall–Kier alpha value is -1.99. The van der Waals surface area contributed by atoms with Gasteiger partial charge in [-0.2, -0.15) is 0 Å². The van der Waals surface area contributed by atoms with Crippen LogP contribution in [0.5, 0.6) is 0 Å². The van der Waals surface area contributed by atoms with Crippen molar-refractivity contribution in [3.05, 3.63) is 28.2 Å². The van der Waals surface area contributed by atoms with E-state index in [1.54, 1.807) is 6.07 Å². The molecule has 0 aliphatic heterocycles. The number of carboxylic acids is 1. The second kappa shape index (κ2) is 7.70. The predicted octanol–water partition coefficient (Wildman–Crippen LogP) is 1.83. The molecule has 1 rings (SSSR count). The molecule has 0 saturated carbocycles. The van der Waals surface area contributed by atoms with E-state index in [2.05, 4.69) is 10.6 Å². The maximum Gasteiger partial charge on any atom is 0.326 e. The van der Waals surface area contributed by atoms with Gasteiger partial charge in [-0.05, 0) is 18.6 Å². The number of amides is 3. The Morgan fingerprint density at radius 2 is 1.81 bits per heavy atom. The smallest absolute Gasteiger partial charge is 0.326 e. The summed E-state index contributed by atoms with van der Waals surface area (Å²) in [5.74, 6) is -1.94. The van der Waals surface area contributed by atoms with Gasteiger partial charge in [-0.3, -0.25) is 4.79 Å². The molecule has 3 amide bonds. The molecule has 5 N–H and O–H groups in total. The Morgan fingerprint density at radius 1 is 1.24 bits per heavy atom. The van der Waals surface area contributed by atoms with Crippen molar-refractivity contribution in [1.82, 2.24) is 5.32 Å². The molecule has 0 spiro atoms. The van der Waals surface area contributed by atoms with Gasteiger partial charge in [0.15, 0.2) is 0 Å². The summed E-state index contributed by atoms with van der Waals surface area (Å²) >= 11 is 11.7. The number of nitrogens with one attached hydrogen (secondary N) is 2. The number of halogens is 2. The summed E-state index contributed by atoms with van der Waals surface area (Å²) in [5, 5.41) is 13.9. The average molecular weight is 334 g/mol. The van der Waals surface area contributed by atoms with Crippen molar-refractivity contribution in [3.8, 4) is 0 Å². The third-order valence-corrected chi connectivity index (χ3v) is 3.11. The number of para-hydroxylation sites is 1. The molecule has 1 atom stereocenters. The van der Waals surface area contributed by atoms with Crippen molar-refractivity contribution in [2.75, 3.05) is 5.32 Å². The van der Waals surface area contributed by atoms with Crippen LogP contribution < -0.4 is 16.4 Å². The van der Waals surface area contributed by atoms with Crippen molar-refractivity contribution >= 4 is 46.8 Å². The van der Waals surface area contributed by atoms with Gasteiger partial charge in [0, 0.05) is 6.42 Å². The summed E-state index contributed by atoms with van der Waals surface area (Å²) in [6.45, 7) is 0. The van der Waals surface area contributed by atoms with E-state index in [-0.39, 0.29) is 28.6 Å². The van der Waals surface area contributed by atoms with Gasteiger partial charge < -0.3 is 21.5 Å². The zero-order chi connectivity index (χ0) is 16.0. The molecule has 0 radical (unpaired) electrons. The molecular weight excluding hydrogens is 321 g/mol. The van der Waals surface area contributed by atoms with E-state index in [9.17, 15) is 14.4 Å². The number of nitrogens with two attached hydrogens (primary N) is 1. The molecule has 0 aliphatic rings. The van der Waals surface area contributed by atoms with Gasteiger partial charge in [0.05, 0.1) is 15.7 Å². The van der Waals surface area contributed by atoms with E-state index in [1.165, 1.54) is 12.1 Å². The molecule has 0 unspecified atom stereocenters. The van der Waals surface area contributed by atoms with Crippen molar-refractivity contribution in [2.24, 2.45) is 5.73 Å². The molecule has 1 aromatic rings. The minimum atomic E-state index is -1.28. The normalized spacial score (nSPS) is 11.5. The molecular formula is C12H13Cl2N3O4. The van der Waals surface area contributed by atoms with Crippen LogP contribution in [-0.4, -0.2) is 29.1 Å². The van der Waals surface area contributed by atoms with Crippen LogP contribution in [0.3, 0.4) is 0 Å². The van der Waals surface area contributed by atoms with Crippen LogP contribution in [0.4, 0.5) is 10.5 Å². The molecule has 1 aromatic carbocycles. The highest BCUT2D eigenvalue weighted by molar-refractivity contribution is 6.39. The lowest BCUT2D eigenvalue weighted by Crippen LogP contribution is -2.43. The standard InChI is InChI=1S/C12H13Cl2N3O4/c13-6-2-1-3-7(14)10(6)17-12(21)16-8(11(19)20)4-5-9(15)18/h1-3,8H,4-5H2,(H2,15,18)(H,19,20)(H2,16,17,21)/t8-/m1/s1. The van der Waals surface area contributed by atoms with Crippen molar-refractivity contribution in [3.63, 3.8) is 0 Å². The largest absolute Gasteiger partial charge is 0.480 e. The maximum atomic E-state index is 11.8. The first-order valence-corrected chi connectivity index (χ1v) is 6.59. The number of hydrogen-bond donors (Lipinski definition) is 4. The van der Waals surface area contributed by atoms with E-state index in [0.717, 1.165) is 0 Å². The summed E-state index contributed by atoms with van der Waals surface area (Å²) in [4.78, 5) is 33.4. The zero-order valence-corrected chi connectivity index (χ0v) is 12.2. The summed E-state index contributed by atoms with van der Waals surface area (Å²) in [6.07, 6.45) is -0.279. The Bertz CT molecular complexity index is 545. The van der Waals surface area contributed by atoms with E-state index >= 15 is 0 Å². The number of benzene rings is 1. The zero-order valence-electron chi connectivity index (χ0n) is 10.7. The van der Waals surface area contributed by atoms with E-state index in [0.29, 0.717) is 0 Å². The summed E-state index contributed by atoms with van der Waals surface area (Å²) < 4.78 is 0. The fraction of sp³-hybridized carbons (Fsp3) is 0.250. The molecule has 21 heavy (non-hydrogen) atoms. The fourth-order valence-corrected chi connectivity index (χ4v) is 1.96. The lowest BCUT2D eigenvalue weighted by atomic mass is 10.1. The highest BCUT2D eigenvalue weighted by Gasteiger charge is 2.21. The average Bonchev–Trinajstić information content (AvgIpc) is 2.38. The number of carbonyl (C=O) groups excluding carboxylic acids is 2. The third-order valence-electron chi connectivity index (χ3n) is 2.48. The van der Waals surface area contributed by atoms with E-state index < -0.39 is 23.9 Å². The quantitative estimate of drug-likeness (QED) is 0.634. The minimum absolute atomic E-state index is 0.117. The summed E-state index contributed by atoms with van der Waals surface area (Å²) in [7, 11) is 0. The first-order chi connectivity index (χ1) is 9.81. The highest BCUT2D eigenvalue weighted by atomic mass is 35.5. The Balaban J connectivity index is 2.70. The molecule has 0 fully saturated rings. The lowest BCUT2D eigenvalue weighted by molar-refractivity contribution is -0.139. The van der Waals surface area contributed by atoms with Crippen molar-refractivity contribution in [2.45, 2.75) is 18.9 Å². The monoisotopic (exact) mass is 333 g/mol. The minimum Gasteiger partial charge on any atom is -0.480 e. The SMILES string of the molecule is NC(=O)CC[C@@H](NC(=O)Nc1c(Cl)cccc1Cl)C(=O)O. The molecule has 7 nitrogen and oxygen atoms in total. The van der Waals surface area contributed by atoms with Crippen molar-refractivity contribution < 1.29 is 19.5 Å². The van der Waals surface area contributed by atoms with Crippen LogP contribution in [0.25, 0.3) is 0 Å². The molecule has 9 heteroatoms. The number of rotatable bonds is 6. The molecule has 0 bridgehead atoms. The van der Waals surface area contributed by atoms with Gasteiger partial charge in [-0.25, -0.2) is 9.59 Å². The predicted molar refractivity (Wildman–Crippen MR) is 78.5 cm³/mol. The Morgan fingerprint density at radius 3 is 2.29 bits per heavy atom. The first kappa shape index (κ1) is 17.1. The Labute approximate surface area is 130 Å². The van der Waals surface area contributed by atoms with Gasteiger partial charge in [-0.15, -0.1) is 0 Å². The first-order valence-electron chi connectivity index (χ1n) is 5.84. The number of primary amides is 1. The van der Waals surface area contributed by atoms with Gasteiger partial charge in [0.1, 0.15) is 6.04 Å². The van der Waals surface area contributed by atoms with Crippen LogP contribution in [-0.2, 0) is 9.59 Å². The van der Waals surface area contributed by atoms with Gasteiger partial charge in [0.25, 0.3) is 0 Å². The van der Waals surface area contributed by atoms with Crippen LogP contribution in [0.1, 0.15) is 12.8 Å².